The molecule has 2 aromatic carbocycles. The van der Waals surface area contributed by atoms with E-state index < -0.39 is 0 Å². The Balaban J connectivity index is 1.53. The number of benzene rings is 2. The number of rotatable bonds is 6. The number of hydrogen-bond acceptors (Lipinski definition) is 8. The molecule has 2 aromatic heterocycles. The van der Waals surface area contributed by atoms with Crippen LogP contribution in [0.3, 0.4) is 0 Å². The van der Waals surface area contributed by atoms with E-state index in [2.05, 4.69) is 43.9 Å². The van der Waals surface area contributed by atoms with E-state index in [-0.39, 0.29) is 0 Å². The van der Waals surface area contributed by atoms with Crippen LogP contribution in [0.1, 0.15) is 17.0 Å². The van der Waals surface area contributed by atoms with Gasteiger partial charge in [-0.15, -0.1) is 5.10 Å². The van der Waals surface area contributed by atoms with Crippen molar-refractivity contribution >= 4 is 11.8 Å². The van der Waals surface area contributed by atoms with Crippen LogP contribution in [0.25, 0.3) is 17.1 Å². The van der Waals surface area contributed by atoms with Crippen molar-refractivity contribution in [1.82, 2.24) is 30.3 Å². The van der Waals surface area contributed by atoms with E-state index in [1.165, 1.54) is 11.8 Å². The molecule has 0 aliphatic rings. The zero-order valence-electron chi connectivity index (χ0n) is 15.7. The second-order valence-corrected chi connectivity index (χ2v) is 7.11. The van der Waals surface area contributed by atoms with Gasteiger partial charge < -0.3 is 9.26 Å². The Kier molecular flexibility index (Phi) is 5.07. The number of ether oxygens (including phenoxy) is 1. The highest BCUT2D eigenvalue weighted by Gasteiger charge is 2.16. The van der Waals surface area contributed by atoms with E-state index in [1.54, 1.807) is 11.8 Å². The first-order chi connectivity index (χ1) is 13.7. The highest BCUT2D eigenvalue weighted by molar-refractivity contribution is 7.98. The zero-order chi connectivity index (χ0) is 19.5. The van der Waals surface area contributed by atoms with Crippen LogP contribution in [-0.4, -0.2) is 37.5 Å². The van der Waals surface area contributed by atoms with Gasteiger partial charge in [0.2, 0.25) is 16.9 Å². The van der Waals surface area contributed by atoms with E-state index in [0.717, 1.165) is 22.4 Å². The number of tetrazole rings is 1. The van der Waals surface area contributed by atoms with Crippen molar-refractivity contribution in [1.29, 1.82) is 0 Å². The van der Waals surface area contributed by atoms with Gasteiger partial charge in [0.1, 0.15) is 5.75 Å². The second kappa shape index (κ2) is 7.81. The molecule has 0 radical (unpaired) electrons. The van der Waals surface area contributed by atoms with E-state index in [0.29, 0.717) is 28.4 Å². The molecule has 4 rings (SSSR count). The van der Waals surface area contributed by atoms with E-state index in [4.69, 9.17) is 9.26 Å². The lowest BCUT2D eigenvalue weighted by Crippen LogP contribution is -2.02. The molecule has 0 fully saturated rings. The van der Waals surface area contributed by atoms with Gasteiger partial charge in [-0.1, -0.05) is 41.2 Å². The fraction of sp³-hybridized carbons (Fsp3) is 0.211. The summed E-state index contributed by atoms with van der Waals surface area (Å²) in [6.07, 6.45) is 0. The third kappa shape index (κ3) is 3.61. The third-order valence-corrected chi connectivity index (χ3v) is 5.08. The number of para-hydroxylation sites is 1. The smallest absolute Gasteiger partial charge is 0.237 e. The summed E-state index contributed by atoms with van der Waals surface area (Å²) in [4.78, 5) is 4.47. The summed E-state index contributed by atoms with van der Waals surface area (Å²) in [6.45, 7) is 4.07. The minimum Gasteiger partial charge on any atom is -0.496 e. The minimum absolute atomic E-state index is 0.452. The molecular formula is C19H18N6O2S. The first kappa shape index (κ1) is 18.2. The number of aryl methyl sites for hydroxylation is 2. The standard InChI is InChI=1S/C19H18N6O2S/c1-12-8-9-13(2)15(10-12)25-19(21-23-24-25)28-11-17-20-18(22-27-17)14-6-4-5-7-16(14)26-3/h4-10H,11H2,1-3H3. The largest absolute Gasteiger partial charge is 0.496 e. The van der Waals surface area contributed by atoms with E-state index in [9.17, 15) is 0 Å². The van der Waals surface area contributed by atoms with Crippen molar-refractivity contribution in [3.05, 3.63) is 59.5 Å². The summed E-state index contributed by atoms with van der Waals surface area (Å²) >= 11 is 1.43. The molecule has 0 saturated carbocycles. The molecule has 0 unspecified atom stereocenters. The van der Waals surface area contributed by atoms with Crippen LogP contribution in [0.2, 0.25) is 0 Å². The van der Waals surface area contributed by atoms with Crippen LogP contribution in [0, 0.1) is 13.8 Å². The lowest BCUT2D eigenvalue weighted by Gasteiger charge is -2.07. The number of nitrogens with zero attached hydrogens (tertiary/aromatic N) is 6. The molecule has 0 bridgehead atoms. The van der Waals surface area contributed by atoms with Crippen LogP contribution in [0.5, 0.6) is 5.75 Å². The molecule has 0 amide bonds. The van der Waals surface area contributed by atoms with Gasteiger partial charge in [0.15, 0.2) is 0 Å². The molecule has 0 spiro atoms. The van der Waals surface area contributed by atoms with Gasteiger partial charge in [0.05, 0.1) is 24.1 Å². The van der Waals surface area contributed by atoms with Crippen molar-refractivity contribution < 1.29 is 9.26 Å². The predicted octanol–water partition coefficient (Wildman–Crippen LogP) is 3.63. The Morgan fingerprint density at radius 1 is 1.14 bits per heavy atom. The lowest BCUT2D eigenvalue weighted by atomic mass is 10.1. The molecule has 142 valence electrons. The SMILES string of the molecule is COc1ccccc1-c1noc(CSc2nnnn2-c2cc(C)ccc2C)n1. The van der Waals surface area contributed by atoms with Gasteiger partial charge in [-0.2, -0.15) is 9.67 Å². The van der Waals surface area contributed by atoms with Crippen LogP contribution in [0.15, 0.2) is 52.1 Å². The van der Waals surface area contributed by atoms with Gasteiger partial charge in [0.25, 0.3) is 0 Å². The molecule has 2 heterocycles. The fourth-order valence-corrected chi connectivity index (χ4v) is 3.47. The van der Waals surface area contributed by atoms with Gasteiger partial charge in [-0.05, 0) is 53.6 Å². The molecule has 0 saturated heterocycles. The van der Waals surface area contributed by atoms with Crippen molar-refractivity contribution in [3.8, 4) is 22.8 Å². The molecular weight excluding hydrogens is 376 g/mol. The number of hydrogen-bond donors (Lipinski definition) is 0. The van der Waals surface area contributed by atoms with Crippen molar-refractivity contribution in [2.75, 3.05) is 7.11 Å². The molecule has 0 atom stereocenters. The van der Waals surface area contributed by atoms with Gasteiger partial charge in [-0.25, -0.2) is 0 Å². The molecule has 8 nitrogen and oxygen atoms in total. The summed E-state index contributed by atoms with van der Waals surface area (Å²) in [6, 6.07) is 13.7. The predicted molar refractivity (Wildman–Crippen MR) is 104 cm³/mol. The highest BCUT2D eigenvalue weighted by atomic mass is 32.2. The van der Waals surface area contributed by atoms with Crippen LogP contribution < -0.4 is 4.74 Å². The van der Waals surface area contributed by atoms with Gasteiger partial charge in [-0.3, -0.25) is 0 Å². The van der Waals surface area contributed by atoms with Gasteiger partial charge in [0, 0.05) is 0 Å². The number of aromatic nitrogens is 6. The molecule has 4 aromatic rings. The summed E-state index contributed by atoms with van der Waals surface area (Å²) in [5.74, 6) is 2.12. The molecule has 0 aliphatic heterocycles. The molecule has 9 heteroatoms. The average molecular weight is 394 g/mol. The molecule has 0 aliphatic carbocycles. The Labute approximate surface area is 165 Å². The molecule has 28 heavy (non-hydrogen) atoms. The van der Waals surface area contributed by atoms with Crippen LogP contribution in [0.4, 0.5) is 0 Å². The first-order valence-corrected chi connectivity index (χ1v) is 9.59. The maximum atomic E-state index is 5.39. The molecule has 0 N–H and O–H groups in total. The maximum absolute atomic E-state index is 5.39. The third-order valence-electron chi connectivity index (χ3n) is 4.17. The number of methoxy groups -OCH3 is 1. The highest BCUT2D eigenvalue weighted by Crippen LogP contribution is 2.29. The van der Waals surface area contributed by atoms with Crippen molar-refractivity contribution in [3.63, 3.8) is 0 Å². The zero-order valence-corrected chi connectivity index (χ0v) is 16.5. The topological polar surface area (TPSA) is 91.8 Å². The summed E-state index contributed by atoms with van der Waals surface area (Å²) in [7, 11) is 1.61. The minimum atomic E-state index is 0.452. The second-order valence-electron chi connectivity index (χ2n) is 6.16. The Bertz CT molecular complexity index is 1110. The average Bonchev–Trinajstić information content (AvgIpc) is 3.37. The quantitative estimate of drug-likeness (QED) is 0.458. The fourth-order valence-electron chi connectivity index (χ4n) is 2.75. The Morgan fingerprint density at radius 2 is 2.00 bits per heavy atom. The van der Waals surface area contributed by atoms with Crippen molar-refractivity contribution in [2.24, 2.45) is 0 Å². The lowest BCUT2D eigenvalue weighted by molar-refractivity contribution is 0.390. The van der Waals surface area contributed by atoms with E-state index in [1.807, 2.05) is 38.1 Å². The summed E-state index contributed by atoms with van der Waals surface area (Å²) in [5.41, 5.74) is 3.97. The van der Waals surface area contributed by atoms with Crippen molar-refractivity contribution in [2.45, 2.75) is 24.8 Å². The Morgan fingerprint density at radius 3 is 2.86 bits per heavy atom. The maximum Gasteiger partial charge on any atom is 0.237 e. The summed E-state index contributed by atoms with van der Waals surface area (Å²) < 4.78 is 12.5. The number of thioether (sulfide) groups is 1. The first-order valence-electron chi connectivity index (χ1n) is 8.60. The monoisotopic (exact) mass is 394 g/mol. The van der Waals surface area contributed by atoms with E-state index >= 15 is 0 Å². The van der Waals surface area contributed by atoms with Gasteiger partial charge >= 0.3 is 0 Å². The van der Waals surface area contributed by atoms with Crippen LogP contribution >= 0.6 is 11.8 Å². The van der Waals surface area contributed by atoms with Crippen LogP contribution in [-0.2, 0) is 5.75 Å². The normalized spacial score (nSPS) is 11.0. The summed E-state index contributed by atoms with van der Waals surface area (Å²) in [5, 5.41) is 16.8. The Hall–Kier alpha value is -3.20.